The van der Waals surface area contributed by atoms with Crippen molar-refractivity contribution in [2.75, 3.05) is 37.3 Å². The Labute approximate surface area is 116 Å². The highest BCUT2D eigenvalue weighted by Gasteiger charge is 2.35. The number of piperidine rings is 3. The van der Waals surface area contributed by atoms with E-state index >= 15 is 0 Å². The zero-order chi connectivity index (χ0) is 14.1. The van der Waals surface area contributed by atoms with Gasteiger partial charge in [-0.3, -0.25) is 10.1 Å². The minimum Gasteiger partial charge on any atom is -0.367 e. The van der Waals surface area contributed by atoms with Gasteiger partial charge in [0.05, 0.1) is 4.92 Å². The fraction of sp³-hybridized carbons (Fsp3) is 0.667. The Morgan fingerprint density at radius 3 is 2.60 bits per heavy atom. The average molecular weight is 278 g/mol. The maximum atomic E-state index is 11.2. The molecule has 3 aliphatic rings. The van der Waals surface area contributed by atoms with Gasteiger partial charge in [-0.1, -0.05) is 0 Å². The summed E-state index contributed by atoms with van der Waals surface area (Å²) in [6.07, 6.45) is 3.65. The molecule has 8 heteroatoms. The van der Waals surface area contributed by atoms with Gasteiger partial charge in [0.1, 0.15) is 6.33 Å². The number of nitro groups is 1. The normalized spacial score (nSPS) is 28.1. The summed E-state index contributed by atoms with van der Waals surface area (Å²) in [6, 6.07) is 0.232. The molecule has 1 aromatic heterocycles. The van der Waals surface area contributed by atoms with Crippen molar-refractivity contribution in [2.24, 2.45) is 5.92 Å². The summed E-state index contributed by atoms with van der Waals surface area (Å²) in [4.78, 5) is 21.2. The minimum atomic E-state index is -0.435. The number of hydrogen-bond donors (Lipinski definition) is 2. The monoisotopic (exact) mass is 278 g/mol. The van der Waals surface area contributed by atoms with Gasteiger partial charge >= 0.3 is 5.69 Å². The SMILES string of the molecule is CNc1ncnc(NC2CN3CCC2CC3)c1[N+](=O)[O-]. The highest BCUT2D eigenvalue weighted by molar-refractivity contribution is 5.69. The molecule has 2 bridgehead atoms. The zero-order valence-corrected chi connectivity index (χ0v) is 11.4. The summed E-state index contributed by atoms with van der Waals surface area (Å²) >= 11 is 0. The molecule has 0 aromatic carbocycles. The van der Waals surface area contributed by atoms with Crippen LogP contribution in [0.5, 0.6) is 0 Å². The number of hydrogen-bond acceptors (Lipinski definition) is 7. The first-order valence-electron chi connectivity index (χ1n) is 6.85. The quantitative estimate of drug-likeness (QED) is 0.624. The van der Waals surface area contributed by atoms with Gasteiger partial charge in [0, 0.05) is 19.6 Å². The van der Waals surface area contributed by atoms with Crippen LogP contribution in [0.15, 0.2) is 6.33 Å². The Morgan fingerprint density at radius 2 is 2.05 bits per heavy atom. The third-order valence-electron chi connectivity index (χ3n) is 4.22. The molecule has 3 fully saturated rings. The van der Waals surface area contributed by atoms with Crippen molar-refractivity contribution in [1.82, 2.24) is 14.9 Å². The molecular weight excluding hydrogens is 260 g/mol. The van der Waals surface area contributed by atoms with Crippen LogP contribution in [0.25, 0.3) is 0 Å². The standard InChI is InChI=1S/C12H18N6O2/c1-13-11-10(18(19)20)12(15-7-14-11)16-9-6-17-4-2-8(9)3-5-17/h7-9H,2-6H2,1H3,(H2,13,14,15,16). The van der Waals surface area contributed by atoms with E-state index in [9.17, 15) is 10.1 Å². The first-order chi connectivity index (χ1) is 9.69. The highest BCUT2D eigenvalue weighted by Crippen LogP contribution is 2.33. The van der Waals surface area contributed by atoms with E-state index in [4.69, 9.17) is 0 Å². The van der Waals surface area contributed by atoms with Crippen LogP contribution >= 0.6 is 0 Å². The summed E-state index contributed by atoms with van der Waals surface area (Å²) in [6.45, 7) is 3.20. The Balaban J connectivity index is 1.85. The molecule has 2 N–H and O–H groups in total. The van der Waals surface area contributed by atoms with Crippen LogP contribution in [0.1, 0.15) is 12.8 Å². The first-order valence-corrected chi connectivity index (χ1v) is 6.85. The van der Waals surface area contributed by atoms with E-state index in [-0.39, 0.29) is 17.5 Å². The van der Waals surface area contributed by atoms with Gasteiger partial charge in [0.15, 0.2) is 0 Å². The lowest BCUT2D eigenvalue weighted by Gasteiger charge is -2.45. The molecule has 8 nitrogen and oxygen atoms in total. The van der Waals surface area contributed by atoms with Crippen LogP contribution in [0.4, 0.5) is 17.3 Å². The largest absolute Gasteiger partial charge is 0.367 e. The number of fused-ring (bicyclic) bond motifs is 3. The third-order valence-corrected chi connectivity index (χ3v) is 4.22. The maximum Gasteiger partial charge on any atom is 0.353 e. The van der Waals surface area contributed by atoms with Gasteiger partial charge in [-0.15, -0.1) is 0 Å². The van der Waals surface area contributed by atoms with Crippen LogP contribution in [0, 0.1) is 16.0 Å². The maximum absolute atomic E-state index is 11.2. The molecule has 0 amide bonds. The molecule has 0 aliphatic carbocycles. The van der Waals surface area contributed by atoms with Gasteiger partial charge in [-0.2, -0.15) is 0 Å². The third kappa shape index (κ3) is 2.26. The summed E-state index contributed by atoms with van der Waals surface area (Å²) in [5.41, 5.74) is -0.0774. The molecule has 0 radical (unpaired) electrons. The minimum absolute atomic E-state index is 0.0774. The lowest BCUT2D eigenvalue weighted by atomic mass is 9.84. The highest BCUT2D eigenvalue weighted by atomic mass is 16.6. The predicted octanol–water partition coefficient (Wildman–Crippen LogP) is 0.933. The molecule has 20 heavy (non-hydrogen) atoms. The number of aromatic nitrogens is 2. The van der Waals surface area contributed by atoms with Crippen molar-refractivity contribution in [2.45, 2.75) is 18.9 Å². The van der Waals surface area contributed by atoms with E-state index < -0.39 is 4.92 Å². The van der Waals surface area contributed by atoms with Gasteiger partial charge in [0.25, 0.3) is 0 Å². The van der Waals surface area contributed by atoms with Crippen LogP contribution < -0.4 is 10.6 Å². The summed E-state index contributed by atoms with van der Waals surface area (Å²) in [5.74, 6) is 1.13. The van der Waals surface area contributed by atoms with Gasteiger partial charge in [-0.25, -0.2) is 9.97 Å². The number of anilines is 2. The van der Waals surface area contributed by atoms with Crippen LogP contribution in [-0.4, -0.2) is 52.5 Å². The molecule has 3 aliphatic heterocycles. The topological polar surface area (TPSA) is 96.2 Å². The van der Waals surface area contributed by atoms with E-state index in [1.807, 2.05) is 0 Å². The van der Waals surface area contributed by atoms with E-state index in [2.05, 4.69) is 25.5 Å². The number of nitrogens with one attached hydrogen (secondary N) is 2. The molecule has 1 unspecified atom stereocenters. The molecule has 0 saturated carbocycles. The van der Waals surface area contributed by atoms with Gasteiger partial charge in [-0.05, 0) is 31.8 Å². The molecule has 1 atom stereocenters. The molecule has 3 saturated heterocycles. The summed E-state index contributed by atoms with van der Waals surface area (Å²) in [5, 5.41) is 17.2. The van der Waals surface area contributed by atoms with Crippen molar-refractivity contribution in [3.63, 3.8) is 0 Å². The second-order valence-electron chi connectivity index (χ2n) is 5.32. The second-order valence-corrected chi connectivity index (χ2v) is 5.32. The van der Waals surface area contributed by atoms with Crippen molar-refractivity contribution in [1.29, 1.82) is 0 Å². The summed E-state index contributed by atoms with van der Waals surface area (Å²) < 4.78 is 0. The Kier molecular flexibility index (Phi) is 3.39. The molecular formula is C12H18N6O2. The summed E-state index contributed by atoms with van der Waals surface area (Å²) in [7, 11) is 1.62. The number of nitrogens with zero attached hydrogens (tertiary/aromatic N) is 4. The van der Waals surface area contributed by atoms with Crippen LogP contribution in [0.2, 0.25) is 0 Å². The van der Waals surface area contributed by atoms with Gasteiger partial charge in [0.2, 0.25) is 11.6 Å². The average Bonchev–Trinajstić information content (AvgIpc) is 2.48. The fourth-order valence-corrected chi connectivity index (χ4v) is 3.14. The van der Waals surface area contributed by atoms with Crippen LogP contribution in [0.3, 0.4) is 0 Å². The molecule has 1 aromatic rings. The second kappa shape index (κ2) is 5.20. The van der Waals surface area contributed by atoms with E-state index in [0.29, 0.717) is 11.7 Å². The lowest BCUT2D eigenvalue weighted by Crippen LogP contribution is -2.53. The molecule has 108 valence electrons. The van der Waals surface area contributed by atoms with Crippen molar-refractivity contribution in [3.8, 4) is 0 Å². The molecule has 4 rings (SSSR count). The Morgan fingerprint density at radius 1 is 1.35 bits per heavy atom. The lowest BCUT2D eigenvalue weighted by molar-refractivity contribution is -0.383. The van der Waals surface area contributed by atoms with E-state index in [1.54, 1.807) is 7.05 Å². The molecule has 0 spiro atoms. The van der Waals surface area contributed by atoms with Crippen molar-refractivity contribution < 1.29 is 4.92 Å². The number of rotatable bonds is 4. The predicted molar refractivity (Wildman–Crippen MR) is 74.8 cm³/mol. The Hall–Kier alpha value is -1.96. The Bertz CT molecular complexity index is 515. The van der Waals surface area contributed by atoms with E-state index in [1.165, 1.54) is 6.33 Å². The van der Waals surface area contributed by atoms with Crippen LogP contribution in [-0.2, 0) is 0 Å². The smallest absolute Gasteiger partial charge is 0.353 e. The first kappa shape index (κ1) is 13.0. The zero-order valence-electron chi connectivity index (χ0n) is 11.4. The van der Waals surface area contributed by atoms with Crippen molar-refractivity contribution in [3.05, 3.63) is 16.4 Å². The van der Waals surface area contributed by atoms with Gasteiger partial charge < -0.3 is 15.5 Å². The molecule has 4 heterocycles. The fourth-order valence-electron chi connectivity index (χ4n) is 3.14. The van der Waals surface area contributed by atoms with E-state index in [0.717, 1.165) is 32.5 Å². The van der Waals surface area contributed by atoms with Crippen molar-refractivity contribution >= 4 is 17.3 Å².